The second-order valence-electron chi connectivity index (χ2n) is 8.29. The highest BCUT2D eigenvalue weighted by molar-refractivity contribution is 7.13. The highest BCUT2D eigenvalue weighted by Gasteiger charge is 2.34. The summed E-state index contributed by atoms with van der Waals surface area (Å²) in [5.74, 6) is -0.482. The predicted molar refractivity (Wildman–Crippen MR) is 124 cm³/mol. The fourth-order valence-corrected chi connectivity index (χ4v) is 4.52. The van der Waals surface area contributed by atoms with E-state index in [1.807, 2.05) is 6.07 Å². The number of hydrogen-bond acceptors (Lipinski definition) is 6. The molecule has 0 spiro atoms. The molecule has 2 aliphatic rings. The van der Waals surface area contributed by atoms with E-state index in [2.05, 4.69) is 10.3 Å². The van der Waals surface area contributed by atoms with Gasteiger partial charge in [-0.2, -0.15) is 0 Å². The highest BCUT2D eigenvalue weighted by atomic mass is 32.1. The lowest BCUT2D eigenvalue weighted by Gasteiger charge is -2.34. The van der Waals surface area contributed by atoms with Gasteiger partial charge >= 0.3 is 0 Å². The molecule has 0 atom stereocenters. The maximum atomic E-state index is 12.8. The van der Waals surface area contributed by atoms with Gasteiger partial charge in [-0.25, -0.2) is 4.98 Å². The van der Waals surface area contributed by atoms with E-state index in [-0.39, 0.29) is 42.6 Å². The second kappa shape index (κ2) is 10.1. The molecule has 9 nitrogen and oxygen atoms in total. The monoisotopic (exact) mass is 469 g/mol. The lowest BCUT2D eigenvalue weighted by Crippen LogP contribution is -2.50. The van der Waals surface area contributed by atoms with Crippen molar-refractivity contribution in [3.05, 3.63) is 47.0 Å². The van der Waals surface area contributed by atoms with Crippen molar-refractivity contribution in [1.29, 1.82) is 0 Å². The molecule has 1 aliphatic heterocycles. The second-order valence-corrected chi connectivity index (χ2v) is 9.14. The molecule has 33 heavy (non-hydrogen) atoms. The molecule has 1 saturated carbocycles. The van der Waals surface area contributed by atoms with E-state index in [0.717, 1.165) is 12.8 Å². The third-order valence-corrected chi connectivity index (χ3v) is 6.60. The van der Waals surface area contributed by atoms with Crippen molar-refractivity contribution in [2.75, 3.05) is 38.0 Å². The van der Waals surface area contributed by atoms with Crippen LogP contribution in [0.5, 0.6) is 0 Å². The summed E-state index contributed by atoms with van der Waals surface area (Å²) in [6, 6.07) is 9.05. The van der Waals surface area contributed by atoms with Gasteiger partial charge in [-0.1, -0.05) is 18.2 Å². The summed E-state index contributed by atoms with van der Waals surface area (Å²) in [5, 5.41) is 4.92. The van der Waals surface area contributed by atoms with E-state index in [4.69, 9.17) is 0 Å². The Labute approximate surface area is 196 Å². The lowest BCUT2D eigenvalue weighted by molar-refractivity contribution is -0.138. The standard InChI is InChI=1S/C23H27N5O4S/c1-16(29)26-9-11-27(12-10-26)21(31)13-18-15-33-23(24-18)25-20(30)14-28(19-7-8-19)22(32)17-5-3-2-4-6-17/h2-6,15,19H,7-14H2,1H3,(H,24,25,30). The number of rotatable bonds is 7. The first-order valence-electron chi connectivity index (χ1n) is 11.0. The molecule has 174 valence electrons. The summed E-state index contributed by atoms with van der Waals surface area (Å²) >= 11 is 1.26. The van der Waals surface area contributed by atoms with Crippen LogP contribution in [0, 0.1) is 0 Å². The maximum absolute atomic E-state index is 12.8. The van der Waals surface area contributed by atoms with Crippen molar-refractivity contribution in [1.82, 2.24) is 19.7 Å². The fraction of sp³-hybridized carbons (Fsp3) is 0.435. The molecule has 0 radical (unpaired) electrons. The van der Waals surface area contributed by atoms with Gasteiger partial charge in [-0.15, -0.1) is 11.3 Å². The zero-order valence-electron chi connectivity index (χ0n) is 18.5. The Morgan fingerprint density at radius 3 is 2.36 bits per heavy atom. The van der Waals surface area contributed by atoms with Gasteiger partial charge in [0.15, 0.2) is 5.13 Å². The van der Waals surface area contributed by atoms with Crippen LogP contribution in [0.1, 0.15) is 35.8 Å². The van der Waals surface area contributed by atoms with Gasteiger partial charge in [0.1, 0.15) is 6.54 Å². The third-order valence-electron chi connectivity index (χ3n) is 5.79. The van der Waals surface area contributed by atoms with E-state index < -0.39 is 0 Å². The molecule has 4 rings (SSSR count). The average Bonchev–Trinajstić information content (AvgIpc) is 3.58. The van der Waals surface area contributed by atoms with Crippen molar-refractivity contribution < 1.29 is 19.2 Å². The number of nitrogens with one attached hydrogen (secondary N) is 1. The first-order valence-corrected chi connectivity index (χ1v) is 11.9. The van der Waals surface area contributed by atoms with Crippen molar-refractivity contribution >= 4 is 40.1 Å². The molecule has 1 aliphatic carbocycles. The van der Waals surface area contributed by atoms with Gasteiger partial charge in [-0.3, -0.25) is 19.2 Å². The number of anilines is 1. The van der Waals surface area contributed by atoms with E-state index in [1.54, 1.807) is 44.3 Å². The van der Waals surface area contributed by atoms with Crippen LogP contribution in [0.3, 0.4) is 0 Å². The molecule has 10 heteroatoms. The average molecular weight is 470 g/mol. The van der Waals surface area contributed by atoms with E-state index >= 15 is 0 Å². The minimum Gasteiger partial charge on any atom is -0.339 e. The molecule has 0 unspecified atom stereocenters. The summed E-state index contributed by atoms with van der Waals surface area (Å²) in [7, 11) is 0. The molecule has 2 heterocycles. The number of thiazole rings is 1. The molecule has 1 N–H and O–H groups in total. The Morgan fingerprint density at radius 1 is 1.06 bits per heavy atom. The largest absolute Gasteiger partial charge is 0.339 e. The minimum atomic E-state index is -0.307. The van der Waals surface area contributed by atoms with Gasteiger partial charge in [0, 0.05) is 50.1 Å². The van der Waals surface area contributed by atoms with Crippen LogP contribution in [0.25, 0.3) is 0 Å². The van der Waals surface area contributed by atoms with Crippen LogP contribution >= 0.6 is 11.3 Å². The molecule has 1 saturated heterocycles. The number of amides is 4. The summed E-state index contributed by atoms with van der Waals surface area (Å²) in [4.78, 5) is 58.9. The highest BCUT2D eigenvalue weighted by Crippen LogP contribution is 2.28. The van der Waals surface area contributed by atoms with Crippen LogP contribution in [0.2, 0.25) is 0 Å². The number of carbonyl (C=O) groups excluding carboxylic acids is 4. The number of carbonyl (C=O) groups is 4. The first-order chi connectivity index (χ1) is 15.9. The van der Waals surface area contributed by atoms with Crippen molar-refractivity contribution in [3.63, 3.8) is 0 Å². The van der Waals surface area contributed by atoms with E-state index in [0.29, 0.717) is 42.6 Å². The van der Waals surface area contributed by atoms with Crippen LogP contribution in [0.4, 0.5) is 5.13 Å². The molecule has 2 fully saturated rings. The van der Waals surface area contributed by atoms with E-state index in [1.165, 1.54) is 18.3 Å². The van der Waals surface area contributed by atoms with Crippen molar-refractivity contribution in [2.24, 2.45) is 0 Å². The summed E-state index contributed by atoms with van der Waals surface area (Å²) in [6.07, 6.45) is 1.94. The first kappa shape index (κ1) is 22.9. The van der Waals surface area contributed by atoms with E-state index in [9.17, 15) is 19.2 Å². The van der Waals surface area contributed by atoms with Crippen molar-refractivity contribution in [2.45, 2.75) is 32.2 Å². The Bertz CT molecular complexity index is 1030. The predicted octanol–water partition coefficient (Wildman–Crippen LogP) is 1.62. The fourth-order valence-electron chi connectivity index (χ4n) is 3.80. The smallest absolute Gasteiger partial charge is 0.254 e. The SMILES string of the molecule is CC(=O)N1CCN(C(=O)Cc2csc(NC(=O)CN(C(=O)c3ccccc3)C3CC3)n2)CC1. The summed E-state index contributed by atoms with van der Waals surface area (Å²) in [5.41, 5.74) is 1.16. The van der Waals surface area contributed by atoms with Gasteiger partial charge in [0.25, 0.3) is 5.91 Å². The quantitative estimate of drug-likeness (QED) is 0.664. The number of piperazine rings is 1. The number of aromatic nitrogens is 1. The molecular formula is C23H27N5O4S. The zero-order valence-corrected chi connectivity index (χ0v) is 19.3. The number of nitrogens with zero attached hydrogens (tertiary/aromatic N) is 4. The molecule has 1 aromatic heterocycles. The summed E-state index contributed by atoms with van der Waals surface area (Å²) < 4.78 is 0. The Kier molecular flexibility index (Phi) is 7.02. The Balaban J connectivity index is 1.29. The van der Waals surface area contributed by atoms with Crippen molar-refractivity contribution in [3.8, 4) is 0 Å². The van der Waals surface area contributed by atoms with Gasteiger partial charge < -0.3 is 20.0 Å². The number of hydrogen-bond donors (Lipinski definition) is 1. The van der Waals surface area contributed by atoms with Crippen LogP contribution in [0.15, 0.2) is 35.7 Å². The topological polar surface area (TPSA) is 103 Å². The van der Waals surface area contributed by atoms with Gasteiger partial charge in [0.2, 0.25) is 17.7 Å². The molecule has 2 aromatic rings. The molecule has 4 amide bonds. The van der Waals surface area contributed by atoms with Crippen LogP contribution in [-0.4, -0.2) is 82.1 Å². The number of benzene rings is 1. The lowest BCUT2D eigenvalue weighted by atomic mass is 10.2. The van der Waals surface area contributed by atoms with Crippen LogP contribution in [-0.2, 0) is 20.8 Å². The van der Waals surface area contributed by atoms with Gasteiger partial charge in [-0.05, 0) is 25.0 Å². The summed E-state index contributed by atoms with van der Waals surface area (Å²) in [6.45, 7) is 3.60. The van der Waals surface area contributed by atoms with Crippen LogP contribution < -0.4 is 5.32 Å². The maximum Gasteiger partial charge on any atom is 0.254 e. The Hall–Kier alpha value is -3.27. The normalized spacial score (nSPS) is 15.8. The zero-order chi connectivity index (χ0) is 23.4. The van der Waals surface area contributed by atoms with Gasteiger partial charge in [0.05, 0.1) is 12.1 Å². The molecule has 1 aromatic carbocycles. The molecular weight excluding hydrogens is 442 g/mol. The third kappa shape index (κ3) is 5.95. The minimum absolute atomic E-state index is 0.0210. The molecule has 0 bridgehead atoms. The Morgan fingerprint density at radius 2 is 1.73 bits per heavy atom.